The first-order chi connectivity index (χ1) is 11.5. The SMILES string of the molecule is CCC1(C)Cc2c(sc(NC(=S)Nc3ccccc3)c2C#N)CO1. The molecule has 1 aliphatic rings. The summed E-state index contributed by atoms with van der Waals surface area (Å²) in [6, 6.07) is 12.1. The van der Waals surface area contributed by atoms with E-state index in [-0.39, 0.29) is 5.60 Å². The third kappa shape index (κ3) is 3.44. The van der Waals surface area contributed by atoms with Gasteiger partial charge in [0.05, 0.1) is 17.8 Å². The maximum atomic E-state index is 9.62. The lowest BCUT2D eigenvalue weighted by molar-refractivity contribution is -0.0547. The average molecular weight is 358 g/mol. The van der Waals surface area contributed by atoms with E-state index in [9.17, 15) is 5.26 Å². The van der Waals surface area contributed by atoms with Gasteiger partial charge in [-0.05, 0) is 43.3 Å². The van der Waals surface area contributed by atoms with Gasteiger partial charge in [0.15, 0.2) is 5.11 Å². The van der Waals surface area contributed by atoms with E-state index < -0.39 is 0 Å². The Morgan fingerprint density at radius 3 is 2.79 bits per heavy atom. The van der Waals surface area contributed by atoms with Crippen molar-refractivity contribution in [1.29, 1.82) is 5.26 Å². The number of fused-ring (bicyclic) bond motifs is 1. The molecule has 0 aliphatic carbocycles. The standard InChI is InChI=1S/C18H19N3OS2/c1-3-18(2)9-13-14(10-19)16(24-15(13)11-22-18)21-17(23)20-12-7-5-4-6-8-12/h4-8H,3,9,11H2,1-2H3,(H2,20,21,23). The van der Waals surface area contributed by atoms with Crippen LogP contribution in [0.2, 0.25) is 0 Å². The van der Waals surface area contributed by atoms with Crippen molar-refractivity contribution in [2.75, 3.05) is 10.6 Å². The zero-order valence-electron chi connectivity index (χ0n) is 13.7. The normalized spacial score (nSPS) is 19.2. The van der Waals surface area contributed by atoms with Crippen LogP contribution < -0.4 is 10.6 Å². The van der Waals surface area contributed by atoms with Gasteiger partial charge in [0, 0.05) is 17.0 Å². The van der Waals surface area contributed by atoms with Crippen LogP contribution in [0.25, 0.3) is 0 Å². The summed E-state index contributed by atoms with van der Waals surface area (Å²) in [4.78, 5) is 1.11. The molecule has 0 saturated heterocycles. The molecule has 0 spiro atoms. The van der Waals surface area contributed by atoms with E-state index in [0.29, 0.717) is 17.3 Å². The van der Waals surface area contributed by atoms with Crippen LogP contribution >= 0.6 is 23.6 Å². The number of hydrogen-bond acceptors (Lipinski definition) is 4. The summed E-state index contributed by atoms with van der Waals surface area (Å²) in [5.41, 5.74) is 2.51. The summed E-state index contributed by atoms with van der Waals surface area (Å²) in [5, 5.41) is 17.2. The second-order valence-electron chi connectivity index (χ2n) is 6.03. The van der Waals surface area contributed by atoms with Crippen LogP contribution in [-0.4, -0.2) is 10.7 Å². The van der Waals surface area contributed by atoms with Crippen LogP contribution in [0.3, 0.4) is 0 Å². The molecule has 1 aliphatic heterocycles. The Bertz CT molecular complexity index is 795. The van der Waals surface area contributed by atoms with Crippen molar-refractivity contribution >= 4 is 39.4 Å². The highest BCUT2D eigenvalue weighted by Crippen LogP contribution is 2.41. The predicted molar refractivity (Wildman–Crippen MR) is 103 cm³/mol. The second-order valence-corrected chi connectivity index (χ2v) is 7.55. The molecular weight excluding hydrogens is 338 g/mol. The van der Waals surface area contributed by atoms with Gasteiger partial charge in [-0.25, -0.2) is 0 Å². The number of benzene rings is 1. The maximum Gasteiger partial charge on any atom is 0.175 e. The minimum Gasteiger partial charge on any atom is -0.369 e. The first-order valence-corrected chi connectivity index (χ1v) is 9.09. The summed E-state index contributed by atoms with van der Waals surface area (Å²) in [6.45, 7) is 4.77. The number of hydrogen-bond donors (Lipinski definition) is 2. The number of rotatable bonds is 3. The first kappa shape index (κ1) is 16.9. The molecule has 2 aromatic rings. The smallest absolute Gasteiger partial charge is 0.175 e. The average Bonchev–Trinajstić information content (AvgIpc) is 2.91. The van der Waals surface area contributed by atoms with Crippen LogP contribution in [0.15, 0.2) is 30.3 Å². The van der Waals surface area contributed by atoms with E-state index in [2.05, 4.69) is 30.6 Å². The fourth-order valence-electron chi connectivity index (χ4n) is 2.70. The van der Waals surface area contributed by atoms with Gasteiger partial charge in [-0.1, -0.05) is 25.1 Å². The molecule has 3 rings (SSSR count). The van der Waals surface area contributed by atoms with Crippen LogP contribution in [0.4, 0.5) is 10.7 Å². The lowest BCUT2D eigenvalue weighted by Gasteiger charge is -2.32. The Morgan fingerprint density at radius 2 is 2.12 bits per heavy atom. The maximum absolute atomic E-state index is 9.62. The molecular formula is C18H19N3OS2. The van der Waals surface area contributed by atoms with Gasteiger partial charge in [0.1, 0.15) is 11.1 Å². The lowest BCUT2D eigenvalue weighted by Crippen LogP contribution is -2.34. The van der Waals surface area contributed by atoms with E-state index >= 15 is 0 Å². The van der Waals surface area contributed by atoms with Crippen molar-refractivity contribution in [2.24, 2.45) is 0 Å². The summed E-state index contributed by atoms with van der Waals surface area (Å²) in [6.07, 6.45) is 1.68. The third-order valence-corrected chi connectivity index (χ3v) is 5.64. The lowest BCUT2D eigenvalue weighted by atomic mass is 9.90. The molecule has 1 aromatic heterocycles. The van der Waals surface area contributed by atoms with Crippen LogP contribution in [-0.2, 0) is 17.8 Å². The zero-order valence-corrected chi connectivity index (χ0v) is 15.3. The van der Waals surface area contributed by atoms with Crippen molar-refractivity contribution in [3.05, 3.63) is 46.3 Å². The van der Waals surface area contributed by atoms with E-state index in [1.54, 1.807) is 11.3 Å². The molecule has 4 nitrogen and oxygen atoms in total. The van der Waals surface area contributed by atoms with Gasteiger partial charge < -0.3 is 15.4 Å². The second kappa shape index (κ2) is 6.89. The topological polar surface area (TPSA) is 57.1 Å². The number of para-hydroxylation sites is 1. The first-order valence-electron chi connectivity index (χ1n) is 7.86. The van der Waals surface area contributed by atoms with Crippen molar-refractivity contribution in [3.8, 4) is 6.07 Å². The van der Waals surface area contributed by atoms with E-state index in [1.807, 2.05) is 30.3 Å². The highest BCUT2D eigenvalue weighted by Gasteiger charge is 2.33. The highest BCUT2D eigenvalue weighted by molar-refractivity contribution is 7.80. The third-order valence-electron chi connectivity index (χ3n) is 4.31. The minimum atomic E-state index is -0.195. The molecule has 2 heterocycles. The quantitative estimate of drug-likeness (QED) is 0.782. The van der Waals surface area contributed by atoms with Gasteiger partial charge >= 0.3 is 0 Å². The Morgan fingerprint density at radius 1 is 1.38 bits per heavy atom. The summed E-state index contributed by atoms with van der Waals surface area (Å²) in [7, 11) is 0. The van der Waals surface area contributed by atoms with Crippen LogP contribution in [0, 0.1) is 11.3 Å². The molecule has 1 aromatic carbocycles. The van der Waals surface area contributed by atoms with E-state index in [1.165, 1.54) is 0 Å². The van der Waals surface area contributed by atoms with Crippen molar-refractivity contribution in [3.63, 3.8) is 0 Å². The molecule has 0 bridgehead atoms. The van der Waals surface area contributed by atoms with E-state index in [4.69, 9.17) is 17.0 Å². The van der Waals surface area contributed by atoms with Gasteiger partial charge in [0.2, 0.25) is 0 Å². The Labute approximate surface area is 151 Å². The fourth-order valence-corrected chi connectivity index (χ4v) is 4.07. The number of nitriles is 1. The number of nitrogens with zero attached hydrogens (tertiary/aromatic N) is 1. The number of thiocarbonyl (C=S) groups is 1. The molecule has 1 unspecified atom stereocenters. The molecule has 6 heteroatoms. The molecule has 1 atom stereocenters. The predicted octanol–water partition coefficient (Wildman–Crippen LogP) is 4.67. The highest BCUT2D eigenvalue weighted by atomic mass is 32.1. The zero-order chi connectivity index (χ0) is 17.2. The molecule has 124 valence electrons. The summed E-state index contributed by atoms with van der Waals surface area (Å²) < 4.78 is 5.98. The fraction of sp³-hybridized carbons (Fsp3) is 0.333. The molecule has 0 saturated carbocycles. The molecule has 0 radical (unpaired) electrons. The van der Waals surface area contributed by atoms with Gasteiger partial charge in [-0.15, -0.1) is 11.3 Å². The van der Waals surface area contributed by atoms with Gasteiger partial charge in [-0.3, -0.25) is 0 Å². The Kier molecular flexibility index (Phi) is 4.86. The molecule has 24 heavy (non-hydrogen) atoms. The number of thiophene rings is 1. The van der Waals surface area contributed by atoms with Gasteiger partial charge in [-0.2, -0.15) is 5.26 Å². The monoisotopic (exact) mass is 357 g/mol. The molecule has 0 fully saturated rings. The Hall–Kier alpha value is -1.94. The van der Waals surface area contributed by atoms with Gasteiger partial charge in [0.25, 0.3) is 0 Å². The van der Waals surface area contributed by atoms with E-state index in [0.717, 1.165) is 34.0 Å². The van der Waals surface area contributed by atoms with Crippen molar-refractivity contribution in [2.45, 2.75) is 38.9 Å². The van der Waals surface area contributed by atoms with Crippen LogP contribution in [0.1, 0.15) is 36.3 Å². The molecule has 2 N–H and O–H groups in total. The van der Waals surface area contributed by atoms with Crippen LogP contribution in [0.5, 0.6) is 0 Å². The number of nitrogens with one attached hydrogen (secondary N) is 2. The summed E-state index contributed by atoms with van der Waals surface area (Å²) >= 11 is 6.93. The number of ether oxygens (including phenoxy) is 1. The van der Waals surface area contributed by atoms with Crippen molar-refractivity contribution < 1.29 is 4.74 Å². The Balaban J connectivity index is 1.80. The largest absolute Gasteiger partial charge is 0.369 e. The summed E-state index contributed by atoms with van der Waals surface area (Å²) in [5.74, 6) is 0. The molecule has 0 amide bonds. The van der Waals surface area contributed by atoms with Crippen molar-refractivity contribution in [1.82, 2.24) is 0 Å². The minimum absolute atomic E-state index is 0.195. The number of anilines is 2.